The van der Waals surface area contributed by atoms with Crippen molar-refractivity contribution in [3.8, 4) is 5.75 Å². The largest absolute Gasteiger partial charge is 0.488 e. The number of rotatable bonds is 5. The molecule has 1 aromatic carbocycles. The molecule has 0 saturated heterocycles. The van der Waals surface area contributed by atoms with Gasteiger partial charge in [-0.2, -0.15) is 0 Å². The fourth-order valence-electron chi connectivity index (χ4n) is 2.20. The number of ether oxygens (including phenoxy) is 1. The Hall–Kier alpha value is -2.50. The van der Waals surface area contributed by atoms with Gasteiger partial charge < -0.3 is 19.9 Å². The third kappa shape index (κ3) is 5.30. The molecule has 0 atom stereocenters. The second-order valence-electron chi connectivity index (χ2n) is 6.82. The van der Waals surface area contributed by atoms with Gasteiger partial charge in [-0.25, -0.2) is 9.78 Å². The lowest BCUT2D eigenvalue weighted by Crippen LogP contribution is -2.35. The predicted octanol–water partition coefficient (Wildman–Crippen LogP) is 2.91. The summed E-state index contributed by atoms with van der Waals surface area (Å²) >= 11 is 0. The minimum atomic E-state index is -0.289. The number of carbonyl (C=O) groups is 1. The number of hydrogen-bond acceptors (Lipinski definition) is 3. The molecular formula is C18H26N4O2. The standard InChI is InChI=1S/C18H26N4O2/c1-13-6-7-14(15(10-13)24-18(2,3)4)11-20-17(23)21-12-16-19-8-9-22(16)5/h6-10H,11-12H2,1-5H3,(H2,20,21,23). The van der Waals surface area contributed by atoms with Crippen LogP contribution < -0.4 is 15.4 Å². The minimum absolute atomic E-state index is 0.236. The Morgan fingerprint density at radius 3 is 2.58 bits per heavy atom. The van der Waals surface area contributed by atoms with Crippen molar-refractivity contribution in [2.24, 2.45) is 7.05 Å². The van der Waals surface area contributed by atoms with Crippen LogP contribution in [0.2, 0.25) is 0 Å². The molecule has 6 heteroatoms. The fraction of sp³-hybridized carbons (Fsp3) is 0.444. The van der Waals surface area contributed by atoms with Crippen molar-refractivity contribution in [3.05, 3.63) is 47.5 Å². The van der Waals surface area contributed by atoms with Crippen LogP contribution in [0.4, 0.5) is 4.79 Å². The minimum Gasteiger partial charge on any atom is -0.488 e. The molecule has 0 radical (unpaired) electrons. The van der Waals surface area contributed by atoms with Crippen molar-refractivity contribution in [1.82, 2.24) is 20.2 Å². The molecule has 0 aliphatic heterocycles. The van der Waals surface area contributed by atoms with Crippen molar-refractivity contribution in [2.45, 2.75) is 46.4 Å². The van der Waals surface area contributed by atoms with Crippen LogP contribution in [0.5, 0.6) is 5.75 Å². The summed E-state index contributed by atoms with van der Waals surface area (Å²) in [5.74, 6) is 1.60. The number of carbonyl (C=O) groups excluding carboxylic acids is 1. The number of nitrogens with zero attached hydrogens (tertiary/aromatic N) is 2. The molecule has 0 bridgehead atoms. The van der Waals surface area contributed by atoms with Crippen molar-refractivity contribution in [1.29, 1.82) is 0 Å². The maximum atomic E-state index is 12.0. The number of aryl methyl sites for hydroxylation is 2. The molecule has 2 rings (SSSR count). The summed E-state index contributed by atoms with van der Waals surface area (Å²) in [7, 11) is 1.89. The summed E-state index contributed by atoms with van der Waals surface area (Å²) in [5, 5.41) is 5.66. The van der Waals surface area contributed by atoms with Crippen LogP contribution in [0.25, 0.3) is 0 Å². The van der Waals surface area contributed by atoms with Gasteiger partial charge in [0.1, 0.15) is 17.2 Å². The van der Waals surface area contributed by atoms with Crippen LogP contribution in [0.3, 0.4) is 0 Å². The smallest absolute Gasteiger partial charge is 0.315 e. The van der Waals surface area contributed by atoms with Crippen LogP contribution in [0, 0.1) is 6.92 Å². The first-order valence-corrected chi connectivity index (χ1v) is 8.01. The predicted molar refractivity (Wildman–Crippen MR) is 93.8 cm³/mol. The number of nitrogens with one attached hydrogen (secondary N) is 2. The third-order valence-electron chi connectivity index (χ3n) is 3.41. The zero-order chi connectivity index (χ0) is 17.7. The van der Waals surface area contributed by atoms with Crippen molar-refractivity contribution >= 4 is 6.03 Å². The van der Waals surface area contributed by atoms with E-state index in [1.807, 2.05) is 63.7 Å². The highest BCUT2D eigenvalue weighted by Crippen LogP contribution is 2.24. The first kappa shape index (κ1) is 17.8. The Bertz CT molecular complexity index is 701. The van der Waals surface area contributed by atoms with Gasteiger partial charge in [0.15, 0.2) is 0 Å². The summed E-state index contributed by atoms with van der Waals surface area (Å²) in [6.07, 6.45) is 3.55. The number of aromatic nitrogens is 2. The van der Waals surface area contributed by atoms with Crippen molar-refractivity contribution < 1.29 is 9.53 Å². The summed E-state index contributed by atoms with van der Waals surface area (Å²) in [5.41, 5.74) is 1.78. The van der Waals surface area contributed by atoms with E-state index >= 15 is 0 Å². The van der Waals surface area contributed by atoms with Gasteiger partial charge in [-0.1, -0.05) is 12.1 Å². The van der Waals surface area contributed by atoms with Gasteiger partial charge in [-0.15, -0.1) is 0 Å². The topological polar surface area (TPSA) is 68.2 Å². The third-order valence-corrected chi connectivity index (χ3v) is 3.41. The van der Waals surface area contributed by atoms with Crippen molar-refractivity contribution in [3.63, 3.8) is 0 Å². The second-order valence-corrected chi connectivity index (χ2v) is 6.82. The summed E-state index contributed by atoms with van der Waals surface area (Å²) in [4.78, 5) is 16.2. The first-order chi connectivity index (χ1) is 11.2. The average Bonchev–Trinajstić information content (AvgIpc) is 2.88. The maximum Gasteiger partial charge on any atom is 0.315 e. The first-order valence-electron chi connectivity index (χ1n) is 8.01. The van der Waals surface area contributed by atoms with Gasteiger partial charge in [0.25, 0.3) is 0 Å². The molecule has 0 aliphatic rings. The van der Waals surface area contributed by atoms with Crippen LogP contribution in [-0.4, -0.2) is 21.2 Å². The summed E-state index contributed by atoms with van der Waals surface area (Å²) in [6.45, 7) is 8.82. The van der Waals surface area contributed by atoms with Crippen LogP contribution >= 0.6 is 0 Å². The van der Waals surface area contributed by atoms with Crippen LogP contribution in [-0.2, 0) is 20.1 Å². The number of imidazole rings is 1. The van der Waals surface area contributed by atoms with E-state index in [1.165, 1.54) is 0 Å². The highest BCUT2D eigenvalue weighted by Gasteiger charge is 2.15. The van der Waals surface area contributed by atoms with Crippen molar-refractivity contribution in [2.75, 3.05) is 0 Å². The SMILES string of the molecule is Cc1ccc(CNC(=O)NCc2nccn2C)c(OC(C)(C)C)c1. The quantitative estimate of drug-likeness (QED) is 0.886. The molecule has 1 aromatic heterocycles. The van der Waals surface area contributed by atoms with E-state index in [-0.39, 0.29) is 11.6 Å². The molecule has 130 valence electrons. The molecule has 0 saturated carbocycles. The molecule has 0 fully saturated rings. The average molecular weight is 330 g/mol. The molecule has 0 spiro atoms. The van der Waals surface area contributed by atoms with Gasteiger partial charge in [0, 0.05) is 31.5 Å². The lowest BCUT2D eigenvalue weighted by molar-refractivity contribution is 0.129. The van der Waals surface area contributed by atoms with E-state index in [2.05, 4.69) is 15.6 Å². The van der Waals surface area contributed by atoms with Gasteiger partial charge in [0.05, 0.1) is 6.54 Å². The molecule has 0 aliphatic carbocycles. The molecule has 1 heterocycles. The summed E-state index contributed by atoms with van der Waals surface area (Å²) in [6, 6.07) is 5.75. The summed E-state index contributed by atoms with van der Waals surface area (Å²) < 4.78 is 7.87. The highest BCUT2D eigenvalue weighted by atomic mass is 16.5. The highest BCUT2D eigenvalue weighted by molar-refractivity contribution is 5.73. The van der Waals surface area contributed by atoms with Gasteiger partial charge >= 0.3 is 6.03 Å². The van der Waals surface area contributed by atoms with E-state index in [4.69, 9.17) is 4.74 Å². The molecule has 24 heavy (non-hydrogen) atoms. The Labute approximate surface area is 143 Å². The van der Waals surface area contributed by atoms with E-state index in [0.717, 1.165) is 22.7 Å². The Balaban J connectivity index is 1.93. The normalized spacial score (nSPS) is 11.2. The Morgan fingerprint density at radius 2 is 1.96 bits per heavy atom. The number of amides is 2. The Morgan fingerprint density at radius 1 is 1.25 bits per heavy atom. The van der Waals surface area contributed by atoms with E-state index in [9.17, 15) is 4.79 Å². The van der Waals surface area contributed by atoms with Crippen LogP contribution in [0.15, 0.2) is 30.6 Å². The molecule has 6 nitrogen and oxygen atoms in total. The van der Waals surface area contributed by atoms with E-state index in [0.29, 0.717) is 13.1 Å². The molecule has 2 amide bonds. The zero-order valence-corrected chi connectivity index (χ0v) is 15.0. The number of benzene rings is 1. The Kier molecular flexibility index (Phi) is 5.49. The van der Waals surface area contributed by atoms with E-state index in [1.54, 1.807) is 6.20 Å². The van der Waals surface area contributed by atoms with Gasteiger partial charge in [-0.3, -0.25) is 0 Å². The molecule has 2 aromatic rings. The zero-order valence-electron chi connectivity index (χ0n) is 15.0. The monoisotopic (exact) mass is 330 g/mol. The van der Waals surface area contributed by atoms with E-state index < -0.39 is 0 Å². The second kappa shape index (κ2) is 7.38. The van der Waals surface area contributed by atoms with Crippen LogP contribution in [0.1, 0.15) is 37.7 Å². The maximum absolute atomic E-state index is 12.0. The lowest BCUT2D eigenvalue weighted by Gasteiger charge is -2.23. The number of urea groups is 1. The number of hydrogen-bond donors (Lipinski definition) is 2. The molecule has 2 N–H and O–H groups in total. The van der Waals surface area contributed by atoms with Gasteiger partial charge in [-0.05, 0) is 39.3 Å². The van der Waals surface area contributed by atoms with Gasteiger partial charge in [0.2, 0.25) is 0 Å². The lowest BCUT2D eigenvalue weighted by atomic mass is 10.1. The molecule has 0 unspecified atom stereocenters. The fourth-order valence-corrected chi connectivity index (χ4v) is 2.20. The molecular weight excluding hydrogens is 304 g/mol.